The van der Waals surface area contributed by atoms with Crippen molar-refractivity contribution in [2.24, 2.45) is 5.40 Å². The van der Waals surface area contributed by atoms with Crippen LogP contribution in [0.2, 0.25) is 6.04 Å². The fraction of sp³-hybridized carbons (Fsp3) is 0.500. The Labute approximate surface area is 108 Å². The second-order valence-electron chi connectivity index (χ2n) is 2.78. The van der Waals surface area contributed by atoms with E-state index < -0.39 is 9.20 Å². The number of anilines is 2. The standard InChI is InChI=1S/C3H5N5.C3H9NO2Si3/c4-2-1-6-8-7-3(2)5;1-2-3-9(4)6-8-5-7/h1H,(H2,4,8)(H2,5,6,7);2-4H2,1H3. The molecule has 1 aromatic rings. The zero-order chi connectivity index (χ0) is 13.1. The van der Waals surface area contributed by atoms with Gasteiger partial charge >= 0.3 is 10.0 Å². The number of nitrogens with two attached hydrogens (primary N) is 3. The van der Waals surface area contributed by atoms with E-state index in [1.54, 1.807) is 0 Å². The monoisotopic (exact) mass is 286 g/mol. The summed E-state index contributed by atoms with van der Waals surface area (Å²) in [5.41, 5.74) is 10.8. The van der Waals surface area contributed by atoms with E-state index in [2.05, 4.69) is 36.9 Å². The van der Waals surface area contributed by atoms with Gasteiger partial charge in [0.2, 0.25) is 10.5 Å². The summed E-state index contributed by atoms with van der Waals surface area (Å²) < 4.78 is 9.58. The summed E-state index contributed by atoms with van der Waals surface area (Å²) in [4.78, 5) is 0. The predicted octanol–water partition coefficient (Wildman–Crippen LogP) is -1.47. The number of nitrogens with zero attached hydrogens (tertiary/aromatic N) is 3. The topological polar surface area (TPSA) is 135 Å². The molecule has 0 saturated heterocycles. The smallest absolute Gasteiger partial charge is 0.410 e. The van der Waals surface area contributed by atoms with E-state index in [9.17, 15) is 0 Å². The molecule has 0 aliphatic rings. The molecule has 0 atom stereocenters. The van der Waals surface area contributed by atoms with E-state index in [1.165, 1.54) is 6.20 Å². The molecule has 0 fully saturated rings. The van der Waals surface area contributed by atoms with Crippen LogP contribution in [-0.2, 0) is 8.23 Å². The van der Waals surface area contributed by atoms with Gasteiger partial charge < -0.3 is 25.1 Å². The second kappa shape index (κ2) is 10.3. The molecule has 0 unspecified atom stereocenters. The van der Waals surface area contributed by atoms with Crippen LogP contribution < -0.4 is 16.9 Å². The molecule has 0 amide bonds. The van der Waals surface area contributed by atoms with E-state index in [0.29, 0.717) is 5.69 Å². The lowest BCUT2D eigenvalue weighted by Gasteiger charge is -2.04. The van der Waals surface area contributed by atoms with E-state index in [4.69, 9.17) is 21.0 Å². The largest absolute Gasteiger partial charge is 0.435 e. The van der Waals surface area contributed by atoms with Gasteiger partial charge in [-0.3, -0.25) is 0 Å². The van der Waals surface area contributed by atoms with Gasteiger partial charge in [0, 0.05) is 0 Å². The highest BCUT2D eigenvalue weighted by molar-refractivity contribution is 6.54. The van der Waals surface area contributed by atoms with Crippen molar-refractivity contribution >= 4 is 41.2 Å². The Morgan fingerprint density at radius 3 is 2.65 bits per heavy atom. The Morgan fingerprint density at radius 1 is 1.53 bits per heavy atom. The Bertz CT molecular complexity index is 286. The maximum absolute atomic E-state index is 5.56. The van der Waals surface area contributed by atoms with Crippen LogP contribution >= 0.6 is 0 Å². The van der Waals surface area contributed by atoms with Gasteiger partial charge in [-0.25, -0.2) is 0 Å². The van der Waals surface area contributed by atoms with E-state index in [-0.39, 0.29) is 15.8 Å². The molecule has 11 heteroatoms. The number of rotatable bonds is 5. The average molecular weight is 286 g/mol. The van der Waals surface area contributed by atoms with Crippen molar-refractivity contribution in [1.82, 2.24) is 15.4 Å². The zero-order valence-corrected chi connectivity index (χ0v) is 12.4. The first-order chi connectivity index (χ1) is 8.11. The summed E-state index contributed by atoms with van der Waals surface area (Å²) >= 11 is 0. The van der Waals surface area contributed by atoms with Gasteiger partial charge in [-0.2, -0.15) is 0 Å². The summed E-state index contributed by atoms with van der Waals surface area (Å²) in [5, 5.41) is 15.5. The molecular weight excluding hydrogens is 272 g/mol. The molecule has 0 aliphatic carbocycles. The van der Waals surface area contributed by atoms with Gasteiger partial charge in [-0.05, 0) is 11.3 Å². The van der Waals surface area contributed by atoms with Crippen molar-refractivity contribution in [2.75, 3.05) is 11.5 Å². The van der Waals surface area contributed by atoms with Crippen LogP contribution in [0.3, 0.4) is 0 Å². The second-order valence-corrected chi connectivity index (χ2v) is 6.01. The van der Waals surface area contributed by atoms with Crippen molar-refractivity contribution in [3.05, 3.63) is 6.20 Å². The number of hydrogen-bond donors (Lipinski definition) is 3. The highest BCUT2D eigenvalue weighted by Gasteiger charge is 2.05. The van der Waals surface area contributed by atoms with Gasteiger partial charge in [-0.15, -0.1) is 10.2 Å². The van der Waals surface area contributed by atoms with Crippen molar-refractivity contribution in [3.8, 4) is 0 Å². The molecule has 0 bridgehead atoms. The predicted molar refractivity (Wildman–Crippen MR) is 67.4 cm³/mol. The lowest BCUT2D eigenvalue weighted by molar-refractivity contribution is 0.486. The first-order valence-corrected chi connectivity index (χ1v) is 7.58. The van der Waals surface area contributed by atoms with Crippen molar-refractivity contribution in [3.63, 3.8) is 0 Å². The van der Waals surface area contributed by atoms with Gasteiger partial charge in [-0.1, -0.05) is 13.3 Å². The third-order valence-electron chi connectivity index (χ3n) is 1.41. The summed E-state index contributed by atoms with van der Waals surface area (Å²) in [5.74, 6) is 0.222. The normalized spacial score (nSPS) is 9.88. The van der Waals surface area contributed by atoms with Gasteiger partial charge in [0.25, 0.3) is 9.20 Å². The summed E-state index contributed by atoms with van der Waals surface area (Å²) in [6.45, 7) is 2.08. The number of nitrogen functional groups attached to an aromatic ring is 2. The Hall–Kier alpha value is -0.859. The molecule has 0 saturated carbocycles. The molecule has 8 nitrogen and oxygen atoms in total. The van der Waals surface area contributed by atoms with Gasteiger partial charge in [0.1, 0.15) is 0 Å². The quantitative estimate of drug-likeness (QED) is 0.558. The van der Waals surface area contributed by atoms with Crippen LogP contribution in [0.15, 0.2) is 6.20 Å². The summed E-state index contributed by atoms with van der Waals surface area (Å²) in [6.07, 6.45) is 2.43. The van der Waals surface area contributed by atoms with E-state index >= 15 is 0 Å². The number of aromatic nitrogens is 3. The summed E-state index contributed by atoms with van der Waals surface area (Å²) in [6, 6.07) is 0.979. The molecule has 0 aromatic carbocycles. The maximum Gasteiger partial charge on any atom is 0.410 e. The average Bonchev–Trinajstić information content (AvgIpc) is 2.32. The van der Waals surface area contributed by atoms with Crippen LogP contribution in [0.4, 0.5) is 11.5 Å². The molecule has 1 heterocycles. The van der Waals surface area contributed by atoms with Crippen LogP contribution in [0.5, 0.6) is 0 Å². The van der Waals surface area contributed by atoms with E-state index in [1.807, 2.05) is 0 Å². The molecular formula is C6H14N6O2Si3. The van der Waals surface area contributed by atoms with E-state index in [0.717, 1.165) is 12.5 Å². The fourth-order valence-electron chi connectivity index (χ4n) is 0.658. The van der Waals surface area contributed by atoms with Crippen molar-refractivity contribution in [2.45, 2.75) is 19.4 Å². The summed E-state index contributed by atoms with van der Waals surface area (Å²) in [7, 11) is 1.81. The Balaban J connectivity index is 0.000000302. The SMILES string of the molecule is CCC[Si](N)O[Si]O[Si].Nc1cnnnc1N. The number of hydrogen-bond acceptors (Lipinski definition) is 8. The minimum atomic E-state index is -1.05. The van der Waals surface area contributed by atoms with Crippen LogP contribution in [0.1, 0.15) is 13.3 Å². The van der Waals surface area contributed by atoms with Crippen LogP contribution in [-0.4, -0.2) is 45.1 Å². The first kappa shape index (κ1) is 16.1. The van der Waals surface area contributed by atoms with Crippen LogP contribution in [0.25, 0.3) is 0 Å². The molecule has 17 heavy (non-hydrogen) atoms. The highest BCUT2D eigenvalue weighted by atomic mass is 28.4. The van der Waals surface area contributed by atoms with Gasteiger partial charge in [0.05, 0.1) is 11.9 Å². The van der Waals surface area contributed by atoms with Crippen LogP contribution in [0, 0.1) is 0 Å². The minimum absolute atomic E-state index is 0.0389. The minimum Gasteiger partial charge on any atom is -0.435 e. The lowest BCUT2D eigenvalue weighted by atomic mass is 10.5. The first-order valence-electron chi connectivity index (χ1n) is 4.66. The third-order valence-corrected chi connectivity index (χ3v) is 4.12. The lowest BCUT2D eigenvalue weighted by Crippen LogP contribution is -2.31. The molecule has 1 aromatic heterocycles. The molecule has 0 aliphatic heterocycles. The molecule has 1 rings (SSSR count). The molecule has 0 spiro atoms. The Kier molecular flexibility index (Phi) is 9.78. The molecule has 6 N–H and O–H groups in total. The Morgan fingerprint density at radius 2 is 2.24 bits per heavy atom. The maximum atomic E-state index is 5.56. The van der Waals surface area contributed by atoms with Crippen molar-refractivity contribution in [1.29, 1.82) is 0 Å². The highest BCUT2D eigenvalue weighted by Crippen LogP contribution is 2.02. The van der Waals surface area contributed by atoms with Crippen molar-refractivity contribution < 1.29 is 8.23 Å². The molecule has 6 radical (unpaired) electrons. The molecule has 92 valence electrons. The fourth-order valence-corrected chi connectivity index (χ4v) is 2.53. The third kappa shape index (κ3) is 8.90. The van der Waals surface area contributed by atoms with Gasteiger partial charge in [0.15, 0.2) is 5.82 Å². The zero-order valence-electron chi connectivity index (χ0n) is 9.38.